The van der Waals surface area contributed by atoms with Crippen LogP contribution in [0.15, 0.2) is 88.9 Å². The van der Waals surface area contributed by atoms with Crippen LogP contribution in [0.5, 0.6) is 5.75 Å². The molecule has 0 unspecified atom stereocenters. The molecule has 144 valence electrons. The van der Waals surface area contributed by atoms with E-state index in [9.17, 15) is 9.59 Å². The standard InChI is InChI=1S/C23H18N2O3S/c1-28-19-10-6-5-9-18(19)20-21(29-17-7-3-2-4-8-17)23(27)25(22(20)26)15-16-11-13-24-14-12-16/h2-14H,15H2,1H3. The van der Waals surface area contributed by atoms with E-state index in [0.29, 0.717) is 21.8 Å². The van der Waals surface area contributed by atoms with Gasteiger partial charge >= 0.3 is 0 Å². The first-order chi connectivity index (χ1) is 14.2. The summed E-state index contributed by atoms with van der Waals surface area (Å²) in [6.45, 7) is 0.192. The molecule has 0 saturated carbocycles. The minimum Gasteiger partial charge on any atom is -0.496 e. The van der Waals surface area contributed by atoms with Gasteiger partial charge < -0.3 is 4.74 Å². The molecule has 0 atom stereocenters. The third-order valence-electron chi connectivity index (χ3n) is 4.55. The molecule has 4 rings (SSSR count). The van der Waals surface area contributed by atoms with Gasteiger partial charge in [0.2, 0.25) is 0 Å². The van der Waals surface area contributed by atoms with Crippen molar-refractivity contribution >= 4 is 29.1 Å². The lowest BCUT2D eigenvalue weighted by Gasteiger charge is -2.15. The number of nitrogens with zero attached hydrogens (tertiary/aromatic N) is 2. The second-order valence-corrected chi connectivity index (χ2v) is 7.46. The van der Waals surface area contributed by atoms with Gasteiger partial charge in [-0.15, -0.1) is 0 Å². The van der Waals surface area contributed by atoms with Gasteiger partial charge in [-0.25, -0.2) is 0 Å². The Hall–Kier alpha value is -3.38. The average molecular weight is 402 g/mol. The number of thioether (sulfide) groups is 1. The van der Waals surface area contributed by atoms with E-state index in [1.54, 1.807) is 43.8 Å². The van der Waals surface area contributed by atoms with Crippen LogP contribution in [0.3, 0.4) is 0 Å². The van der Waals surface area contributed by atoms with Crippen molar-refractivity contribution < 1.29 is 14.3 Å². The number of benzene rings is 2. The van der Waals surface area contributed by atoms with Crippen molar-refractivity contribution in [2.75, 3.05) is 7.11 Å². The Kier molecular flexibility index (Phi) is 5.44. The lowest BCUT2D eigenvalue weighted by atomic mass is 10.0. The minimum atomic E-state index is -0.324. The summed E-state index contributed by atoms with van der Waals surface area (Å²) in [4.78, 5) is 33.2. The predicted octanol–water partition coefficient (Wildman–Crippen LogP) is 4.16. The molecule has 0 saturated heterocycles. The molecule has 0 bridgehead atoms. The predicted molar refractivity (Wildman–Crippen MR) is 112 cm³/mol. The maximum absolute atomic E-state index is 13.4. The smallest absolute Gasteiger partial charge is 0.268 e. The van der Waals surface area contributed by atoms with E-state index in [4.69, 9.17) is 4.74 Å². The number of imide groups is 1. The highest BCUT2D eigenvalue weighted by Gasteiger charge is 2.40. The van der Waals surface area contributed by atoms with Crippen LogP contribution in [0.4, 0.5) is 0 Å². The third kappa shape index (κ3) is 3.79. The van der Waals surface area contributed by atoms with E-state index in [1.165, 1.54) is 16.7 Å². The normalized spacial score (nSPS) is 13.9. The van der Waals surface area contributed by atoms with Crippen LogP contribution in [0.2, 0.25) is 0 Å². The van der Waals surface area contributed by atoms with Gasteiger partial charge in [-0.2, -0.15) is 0 Å². The Balaban J connectivity index is 1.78. The lowest BCUT2D eigenvalue weighted by molar-refractivity contribution is -0.137. The van der Waals surface area contributed by atoms with Crippen molar-refractivity contribution in [3.63, 3.8) is 0 Å². The highest BCUT2D eigenvalue weighted by atomic mass is 32.2. The van der Waals surface area contributed by atoms with Crippen LogP contribution in [0, 0.1) is 0 Å². The van der Waals surface area contributed by atoms with Crippen molar-refractivity contribution in [1.82, 2.24) is 9.88 Å². The first-order valence-corrected chi connectivity index (χ1v) is 9.86. The summed E-state index contributed by atoms with van der Waals surface area (Å²) < 4.78 is 5.46. The van der Waals surface area contributed by atoms with Crippen molar-refractivity contribution in [3.8, 4) is 5.75 Å². The molecule has 0 radical (unpaired) electrons. The maximum atomic E-state index is 13.4. The molecule has 0 fully saturated rings. The van der Waals surface area contributed by atoms with E-state index < -0.39 is 0 Å². The van der Waals surface area contributed by atoms with E-state index in [0.717, 1.165) is 10.5 Å². The summed E-state index contributed by atoms with van der Waals surface area (Å²) in [7, 11) is 1.55. The summed E-state index contributed by atoms with van der Waals surface area (Å²) in [6.07, 6.45) is 3.29. The number of aromatic nitrogens is 1. The van der Waals surface area contributed by atoms with Crippen LogP contribution in [-0.2, 0) is 16.1 Å². The molecular weight excluding hydrogens is 384 g/mol. The molecule has 6 heteroatoms. The molecule has 2 aromatic carbocycles. The summed E-state index contributed by atoms with van der Waals surface area (Å²) in [6, 6.07) is 20.4. The number of para-hydroxylation sites is 1. The fourth-order valence-corrected chi connectivity index (χ4v) is 4.18. The van der Waals surface area contributed by atoms with Crippen molar-refractivity contribution in [2.45, 2.75) is 11.4 Å². The molecule has 0 N–H and O–H groups in total. The molecule has 2 amide bonds. The number of carbonyl (C=O) groups excluding carboxylic acids is 2. The summed E-state index contributed by atoms with van der Waals surface area (Å²) in [5, 5.41) is 0. The van der Waals surface area contributed by atoms with Crippen molar-refractivity contribution in [3.05, 3.63) is 95.2 Å². The summed E-state index contributed by atoms with van der Waals surface area (Å²) >= 11 is 1.30. The quantitative estimate of drug-likeness (QED) is 0.580. The number of methoxy groups -OCH3 is 1. The summed E-state index contributed by atoms with van der Waals surface area (Å²) in [5.74, 6) is -0.0723. The molecule has 1 aliphatic heterocycles. The van der Waals surface area contributed by atoms with Gasteiger partial charge in [0.1, 0.15) is 5.75 Å². The fourth-order valence-electron chi connectivity index (χ4n) is 3.16. The van der Waals surface area contributed by atoms with Crippen molar-refractivity contribution in [1.29, 1.82) is 0 Å². The minimum absolute atomic E-state index is 0.192. The van der Waals surface area contributed by atoms with Crippen LogP contribution >= 0.6 is 11.8 Å². The highest BCUT2D eigenvalue weighted by molar-refractivity contribution is 8.04. The zero-order valence-electron chi connectivity index (χ0n) is 15.7. The monoisotopic (exact) mass is 402 g/mol. The molecule has 2 heterocycles. The Morgan fingerprint density at radius 3 is 2.31 bits per heavy atom. The molecule has 0 aliphatic carbocycles. The zero-order valence-corrected chi connectivity index (χ0v) is 16.6. The van der Waals surface area contributed by atoms with Crippen LogP contribution in [0.1, 0.15) is 11.1 Å². The largest absolute Gasteiger partial charge is 0.496 e. The first kappa shape index (κ1) is 19.0. The molecular formula is C23H18N2O3S. The Morgan fingerprint density at radius 2 is 1.59 bits per heavy atom. The Bertz CT molecular complexity index is 1080. The Labute approximate surface area is 173 Å². The van der Waals surface area contributed by atoms with Gasteiger partial charge in [0, 0.05) is 22.9 Å². The zero-order chi connectivity index (χ0) is 20.2. The number of pyridine rings is 1. The maximum Gasteiger partial charge on any atom is 0.268 e. The number of rotatable bonds is 6. The molecule has 0 spiro atoms. The van der Waals surface area contributed by atoms with E-state index in [1.807, 2.05) is 42.5 Å². The number of hydrogen-bond donors (Lipinski definition) is 0. The average Bonchev–Trinajstić information content (AvgIpc) is 2.99. The first-order valence-electron chi connectivity index (χ1n) is 9.04. The van der Waals surface area contributed by atoms with E-state index in [-0.39, 0.29) is 18.4 Å². The highest BCUT2D eigenvalue weighted by Crippen LogP contribution is 2.42. The number of amides is 2. The lowest BCUT2D eigenvalue weighted by Crippen LogP contribution is -2.30. The van der Waals surface area contributed by atoms with Gasteiger partial charge in [0.15, 0.2) is 0 Å². The van der Waals surface area contributed by atoms with Gasteiger partial charge in [-0.3, -0.25) is 19.5 Å². The number of carbonyl (C=O) groups is 2. The molecule has 5 nitrogen and oxygen atoms in total. The van der Waals surface area contributed by atoms with Crippen LogP contribution in [0.25, 0.3) is 5.57 Å². The molecule has 3 aromatic rings. The Morgan fingerprint density at radius 1 is 0.897 bits per heavy atom. The molecule has 29 heavy (non-hydrogen) atoms. The van der Waals surface area contributed by atoms with Gasteiger partial charge in [-0.05, 0) is 35.9 Å². The van der Waals surface area contributed by atoms with E-state index >= 15 is 0 Å². The number of hydrogen-bond acceptors (Lipinski definition) is 5. The van der Waals surface area contributed by atoms with Gasteiger partial charge in [0.25, 0.3) is 11.8 Å². The summed E-state index contributed by atoms with van der Waals surface area (Å²) in [5.41, 5.74) is 1.83. The fraction of sp³-hybridized carbons (Fsp3) is 0.0870. The molecule has 1 aliphatic rings. The number of ether oxygens (including phenoxy) is 1. The van der Waals surface area contributed by atoms with Gasteiger partial charge in [-0.1, -0.05) is 48.2 Å². The van der Waals surface area contributed by atoms with E-state index in [2.05, 4.69) is 4.98 Å². The third-order valence-corrected chi connectivity index (χ3v) is 5.65. The second-order valence-electron chi connectivity index (χ2n) is 6.37. The van der Waals surface area contributed by atoms with Crippen molar-refractivity contribution in [2.24, 2.45) is 0 Å². The second kappa shape index (κ2) is 8.32. The van der Waals surface area contributed by atoms with Gasteiger partial charge in [0.05, 0.1) is 24.1 Å². The SMILES string of the molecule is COc1ccccc1C1=C(Sc2ccccc2)C(=O)N(Cc2ccncc2)C1=O. The van der Waals surface area contributed by atoms with Crippen LogP contribution in [-0.4, -0.2) is 28.8 Å². The molecule has 1 aromatic heterocycles. The van der Waals surface area contributed by atoms with Crippen LogP contribution < -0.4 is 4.74 Å². The topological polar surface area (TPSA) is 59.5 Å².